The van der Waals surface area contributed by atoms with E-state index in [-0.39, 0.29) is 0 Å². The Labute approximate surface area is 131 Å². The normalized spacial score (nSPS) is 10.5. The van der Waals surface area contributed by atoms with Crippen LogP contribution < -0.4 is 15.4 Å². The summed E-state index contributed by atoms with van der Waals surface area (Å²) >= 11 is 6.10. The zero-order valence-corrected chi connectivity index (χ0v) is 13.2. The van der Waals surface area contributed by atoms with Crippen molar-refractivity contribution in [1.82, 2.24) is 0 Å². The van der Waals surface area contributed by atoms with Crippen LogP contribution in [0.1, 0.15) is 18.1 Å². The highest BCUT2D eigenvalue weighted by Gasteiger charge is 2.10. The number of anilines is 1. The zero-order valence-electron chi connectivity index (χ0n) is 12.5. The van der Waals surface area contributed by atoms with E-state index in [2.05, 4.69) is 36.1 Å². The second kappa shape index (κ2) is 7.34. The lowest BCUT2D eigenvalue weighted by molar-refractivity contribution is 0.409. The maximum Gasteiger partial charge on any atom is 0.123 e. The Morgan fingerprint density at radius 3 is 2.43 bits per heavy atom. The summed E-state index contributed by atoms with van der Waals surface area (Å²) in [6, 6.07) is 14.0. The zero-order chi connectivity index (χ0) is 15.2. The molecule has 0 unspecified atom stereocenters. The summed E-state index contributed by atoms with van der Waals surface area (Å²) in [5, 5.41) is 0.723. The Morgan fingerprint density at radius 1 is 1.14 bits per heavy atom. The second-order valence-electron chi connectivity index (χ2n) is 4.84. The van der Waals surface area contributed by atoms with Crippen LogP contribution in [0.4, 0.5) is 5.69 Å². The molecular weight excluding hydrogens is 284 g/mol. The minimum Gasteiger partial charge on any atom is -0.496 e. The average molecular weight is 305 g/mol. The second-order valence-corrected chi connectivity index (χ2v) is 5.28. The highest BCUT2D eigenvalue weighted by Crippen LogP contribution is 2.26. The van der Waals surface area contributed by atoms with Gasteiger partial charge in [-0.2, -0.15) is 0 Å². The topological polar surface area (TPSA) is 38.5 Å². The predicted molar refractivity (Wildman–Crippen MR) is 89.1 cm³/mol. The van der Waals surface area contributed by atoms with Crippen molar-refractivity contribution in [2.24, 2.45) is 5.73 Å². The molecular formula is C17H21ClN2O. The largest absolute Gasteiger partial charge is 0.496 e. The van der Waals surface area contributed by atoms with E-state index < -0.39 is 0 Å². The number of hydrogen-bond acceptors (Lipinski definition) is 3. The maximum atomic E-state index is 6.10. The van der Waals surface area contributed by atoms with E-state index in [9.17, 15) is 0 Å². The molecule has 0 spiro atoms. The lowest BCUT2D eigenvalue weighted by Crippen LogP contribution is -2.22. The first-order chi connectivity index (χ1) is 10.2. The highest BCUT2D eigenvalue weighted by atomic mass is 35.5. The average Bonchev–Trinajstić information content (AvgIpc) is 2.53. The summed E-state index contributed by atoms with van der Waals surface area (Å²) in [7, 11) is 1.68. The maximum absolute atomic E-state index is 6.10. The number of halogens is 1. The molecule has 0 saturated carbocycles. The summed E-state index contributed by atoms with van der Waals surface area (Å²) in [5.74, 6) is 0.858. The summed E-state index contributed by atoms with van der Waals surface area (Å²) in [6.45, 7) is 4.35. The molecule has 2 rings (SSSR count). The Hall–Kier alpha value is -1.71. The molecule has 3 nitrogen and oxygen atoms in total. The number of nitrogens with two attached hydrogens (primary N) is 1. The molecule has 0 aliphatic rings. The van der Waals surface area contributed by atoms with Crippen molar-refractivity contribution in [3.8, 4) is 5.75 Å². The smallest absolute Gasteiger partial charge is 0.123 e. The van der Waals surface area contributed by atoms with Gasteiger partial charge < -0.3 is 15.4 Å². The molecule has 112 valence electrons. The van der Waals surface area contributed by atoms with E-state index in [0.29, 0.717) is 6.54 Å². The molecule has 2 N–H and O–H groups in total. The summed E-state index contributed by atoms with van der Waals surface area (Å²) < 4.78 is 5.42. The first-order valence-corrected chi connectivity index (χ1v) is 7.42. The molecule has 0 saturated heterocycles. The third kappa shape index (κ3) is 3.90. The van der Waals surface area contributed by atoms with E-state index in [1.54, 1.807) is 7.11 Å². The quantitative estimate of drug-likeness (QED) is 0.881. The van der Waals surface area contributed by atoms with Gasteiger partial charge in [0, 0.05) is 35.9 Å². The summed E-state index contributed by atoms with van der Waals surface area (Å²) in [5.41, 5.74) is 9.02. The van der Waals surface area contributed by atoms with Crippen LogP contribution >= 0.6 is 11.6 Å². The Bertz CT molecular complexity index is 584. The van der Waals surface area contributed by atoms with Crippen LogP contribution in [0.15, 0.2) is 42.5 Å². The van der Waals surface area contributed by atoms with Crippen molar-refractivity contribution in [3.63, 3.8) is 0 Å². The van der Waals surface area contributed by atoms with Gasteiger partial charge in [0.15, 0.2) is 0 Å². The van der Waals surface area contributed by atoms with Gasteiger partial charge in [-0.25, -0.2) is 0 Å². The van der Waals surface area contributed by atoms with Crippen LogP contribution in [0, 0.1) is 0 Å². The Kier molecular flexibility index (Phi) is 5.48. The summed E-state index contributed by atoms with van der Waals surface area (Å²) in [4.78, 5) is 2.27. The number of benzene rings is 2. The molecule has 0 heterocycles. The van der Waals surface area contributed by atoms with Gasteiger partial charge in [-0.1, -0.05) is 23.7 Å². The summed E-state index contributed by atoms with van der Waals surface area (Å²) in [6.07, 6.45) is 0. The number of ether oxygens (including phenoxy) is 1. The van der Waals surface area contributed by atoms with E-state index in [1.807, 2.05) is 18.2 Å². The number of methoxy groups -OCH3 is 1. The molecule has 0 amide bonds. The standard InChI is InChI=1S/C17H21ClN2O/c1-3-20(16-7-4-13(11-19)5-8-16)12-14-10-15(18)6-9-17(14)21-2/h4-10H,3,11-12,19H2,1-2H3. The van der Waals surface area contributed by atoms with Gasteiger partial charge in [-0.15, -0.1) is 0 Å². The van der Waals surface area contributed by atoms with Crippen molar-refractivity contribution in [1.29, 1.82) is 0 Å². The lowest BCUT2D eigenvalue weighted by Gasteiger charge is -2.24. The van der Waals surface area contributed by atoms with Crippen molar-refractivity contribution in [3.05, 3.63) is 58.6 Å². The van der Waals surface area contributed by atoms with Crippen LogP contribution in [0.3, 0.4) is 0 Å². The SMILES string of the molecule is CCN(Cc1cc(Cl)ccc1OC)c1ccc(CN)cc1. The van der Waals surface area contributed by atoms with Crippen LogP contribution in [0.25, 0.3) is 0 Å². The molecule has 4 heteroatoms. The first kappa shape index (κ1) is 15.7. The van der Waals surface area contributed by atoms with Gasteiger partial charge in [-0.05, 0) is 42.8 Å². The van der Waals surface area contributed by atoms with Gasteiger partial charge >= 0.3 is 0 Å². The molecule has 0 aliphatic heterocycles. The van der Waals surface area contributed by atoms with Gasteiger partial charge in [0.2, 0.25) is 0 Å². The van der Waals surface area contributed by atoms with E-state index in [4.69, 9.17) is 22.1 Å². The minimum atomic E-state index is 0.564. The molecule has 0 bridgehead atoms. The molecule has 2 aromatic rings. The van der Waals surface area contributed by atoms with E-state index in [0.717, 1.165) is 40.7 Å². The lowest BCUT2D eigenvalue weighted by atomic mass is 10.1. The molecule has 0 aliphatic carbocycles. The van der Waals surface area contributed by atoms with Gasteiger partial charge in [-0.3, -0.25) is 0 Å². The van der Waals surface area contributed by atoms with Crippen LogP contribution in [0.2, 0.25) is 5.02 Å². The highest BCUT2D eigenvalue weighted by molar-refractivity contribution is 6.30. The molecule has 0 fully saturated rings. The van der Waals surface area contributed by atoms with Crippen molar-refractivity contribution in [2.75, 3.05) is 18.6 Å². The minimum absolute atomic E-state index is 0.564. The fourth-order valence-electron chi connectivity index (χ4n) is 2.30. The predicted octanol–water partition coefficient (Wildman–Crippen LogP) is 3.83. The van der Waals surface area contributed by atoms with Crippen molar-refractivity contribution < 1.29 is 4.74 Å². The van der Waals surface area contributed by atoms with Crippen LogP contribution in [-0.2, 0) is 13.1 Å². The van der Waals surface area contributed by atoms with E-state index >= 15 is 0 Å². The first-order valence-electron chi connectivity index (χ1n) is 7.04. The number of rotatable bonds is 6. The molecule has 0 atom stereocenters. The Balaban J connectivity index is 2.23. The molecule has 21 heavy (non-hydrogen) atoms. The Morgan fingerprint density at radius 2 is 1.86 bits per heavy atom. The van der Waals surface area contributed by atoms with Crippen LogP contribution in [-0.4, -0.2) is 13.7 Å². The fraction of sp³-hybridized carbons (Fsp3) is 0.294. The molecule has 2 aromatic carbocycles. The van der Waals surface area contributed by atoms with Gasteiger partial charge in [0.1, 0.15) is 5.75 Å². The van der Waals surface area contributed by atoms with Crippen molar-refractivity contribution in [2.45, 2.75) is 20.0 Å². The molecule has 0 aromatic heterocycles. The number of hydrogen-bond donors (Lipinski definition) is 1. The van der Waals surface area contributed by atoms with Gasteiger partial charge in [0.25, 0.3) is 0 Å². The van der Waals surface area contributed by atoms with Gasteiger partial charge in [0.05, 0.1) is 7.11 Å². The third-order valence-electron chi connectivity index (χ3n) is 3.52. The number of nitrogens with zero attached hydrogens (tertiary/aromatic N) is 1. The van der Waals surface area contributed by atoms with Crippen molar-refractivity contribution >= 4 is 17.3 Å². The third-order valence-corrected chi connectivity index (χ3v) is 3.76. The van der Waals surface area contributed by atoms with E-state index in [1.165, 1.54) is 0 Å². The monoisotopic (exact) mass is 304 g/mol. The molecule has 0 radical (unpaired) electrons. The fourth-order valence-corrected chi connectivity index (χ4v) is 2.50. The van der Waals surface area contributed by atoms with Crippen LogP contribution in [0.5, 0.6) is 5.75 Å².